The van der Waals surface area contributed by atoms with Crippen LogP contribution < -0.4 is 4.90 Å². The molecule has 2 rings (SSSR count). The summed E-state index contributed by atoms with van der Waals surface area (Å²) in [6.07, 6.45) is 5.73. The molecule has 2 heterocycles. The first-order chi connectivity index (χ1) is 8.77. The third-order valence-electron chi connectivity index (χ3n) is 3.89. The average Bonchev–Trinajstić information content (AvgIpc) is 2.86. The van der Waals surface area contributed by atoms with Gasteiger partial charge < -0.3 is 4.90 Å². The monoisotopic (exact) mass is 247 g/mol. The lowest BCUT2D eigenvalue weighted by Crippen LogP contribution is -2.27. The second-order valence-electron chi connectivity index (χ2n) is 5.12. The van der Waals surface area contributed by atoms with Crippen molar-refractivity contribution in [1.82, 2.24) is 9.88 Å². The Morgan fingerprint density at radius 1 is 1.44 bits per heavy atom. The van der Waals surface area contributed by atoms with Crippen LogP contribution >= 0.6 is 0 Å². The molecule has 0 spiro atoms. The number of anilines is 1. The summed E-state index contributed by atoms with van der Waals surface area (Å²) in [5.74, 6) is 1.16. The van der Waals surface area contributed by atoms with Gasteiger partial charge in [-0.25, -0.2) is 4.98 Å². The Morgan fingerprint density at radius 3 is 3.00 bits per heavy atom. The first-order valence-corrected chi connectivity index (χ1v) is 7.18. The SMILES string of the molecule is CCCN1CCC[C@H]1c1cccnc1N(C)CC. The fourth-order valence-corrected chi connectivity index (χ4v) is 2.87. The van der Waals surface area contributed by atoms with Gasteiger partial charge in [0.25, 0.3) is 0 Å². The zero-order valence-electron chi connectivity index (χ0n) is 11.9. The third-order valence-corrected chi connectivity index (χ3v) is 3.89. The number of hydrogen-bond acceptors (Lipinski definition) is 3. The molecular weight excluding hydrogens is 222 g/mol. The highest BCUT2D eigenvalue weighted by molar-refractivity contribution is 5.48. The van der Waals surface area contributed by atoms with E-state index in [1.165, 1.54) is 37.9 Å². The summed E-state index contributed by atoms with van der Waals surface area (Å²) in [7, 11) is 2.13. The third kappa shape index (κ3) is 2.66. The van der Waals surface area contributed by atoms with Gasteiger partial charge in [-0.05, 0) is 45.3 Å². The summed E-state index contributed by atoms with van der Waals surface area (Å²) in [6.45, 7) is 7.89. The van der Waals surface area contributed by atoms with Crippen molar-refractivity contribution >= 4 is 5.82 Å². The number of aromatic nitrogens is 1. The molecule has 0 N–H and O–H groups in total. The van der Waals surface area contributed by atoms with Crippen LogP contribution in [0.4, 0.5) is 5.82 Å². The van der Waals surface area contributed by atoms with E-state index in [-0.39, 0.29) is 0 Å². The lowest BCUT2D eigenvalue weighted by Gasteiger charge is -2.28. The molecule has 1 saturated heterocycles. The molecule has 0 aliphatic carbocycles. The Labute approximate surface area is 111 Å². The maximum atomic E-state index is 4.59. The van der Waals surface area contributed by atoms with Crippen molar-refractivity contribution in [3.63, 3.8) is 0 Å². The van der Waals surface area contributed by atoms with Crippen molar-refractivity contribution in [3.05, 3.63) is 23.9 Å². The molecule has 18 heavy (non-hydrogen) atoms. The van der Waals surface area contributed by atoms with Crippen LogP contribution in [0.15, 0.2) is 18.3 Å². The van der Waals surface area contributed by atoms with Crippen LogP contribution in [0.5, 0.6) is 0 Å². The largest absolute Gasteiger partial charge is 0.360 e. The number of pyridine rings is 1. The number of nitrogens with zero attached hydrogens (tertiary/aromatic N) is 3. The zero-order chi connectivity index (χ0) is 13.0. The van der Waals surface area contributed by atoms with Crippen LogP contribution in [0.25, 0.3) is 0 Å². The maximum absolute atomic E-state index is 4.59. The van der Waals surface area contributed by atoms with E-state index in [4.69, 9.17) is 0 Å². The summed E-state index contributed by atoms with van der Waals surface area (Å²) in [6, 6.07) is 4.90. The maximum Gasteiger partial charge on any atom is 0.133 e. The van der Waals surface area contributed by atoms with Gasteiger partial charge in [0, 0.05) is 31.4 Å². The van der Waals surface area contributed by atoms with Crippen LogP contribution in [0.2, 0.25) is 0 Å². The molecule has 3 nitrogen and oxygen atoms in total. The van der Waals surface area contributed by atoms with Gasteiger partial charge in [0.1, 0.15) is 5.82 Å². The van der Waals surface area contributed by atoms with Gasteiger partial charge in [-0.2, -0.15) is 0 Å². The Hall–Kier alpha value is -1.09. The molecule has 0 bridgehead atoms. The lowest BCUT2D eigenvalue weighted by atomic mass is 10.0. The summed E-state index contributed by atoms with van der Waals surface area (Å²) < 4.78 is 0. The topological polar surface area (TPSA) is 19.4 Å². The normalized spacial score (nSPS) is 20.3. The highest BCUT2D eigenvalue weighted by Crippen LogP contribution is 2.35. The predicted octanol–water partition coefficient (Wildman–Crippen LogP) is 3.08. The molecule has 0 amide bonds. The first kappa shape index (κ1) is 13.3. The molecule has 0 aromatic carbocycles. The molecule has 1 aromatic rings. The second-order valence-corrected chi connectivity index (χ2v) is 5.12. The van der Waals surface area contributed by atoms with Crippen molar-refractivity contribution in [2.45, 2.75) is 39.2 Å². The summed E-state index contributed by atoms with van der Waals surface area (Å²) in [5.41, 5.74) is 1.41. The van der Waals surface area contributed by atoms with E-state index in [1.54, 1.807) is 0 Å². The van der Waals surface area contributed by atoms with Crippen LogP contribution in [0.3, 0.4) is 0 Å². The summed E-state index contributed by atoms with van der Waals surface area (Å²) in [5, 5.41) is 0. The van der Waals surface area contributed by atoms with E-state index in [0.29, 0.717) is 6.04 Å². The highest BCUT2D eigenvalue weighted by atomic mass is 15.2. The lowest BCUT2D eigenvalue weighted by molar-refractivity contribution is 0.258. The van der Waals surface area contributed by atoms with E-state index in [0.717, 1.165) is 12.4 Å². The molecule has 1 aliphatic heterocycles. The van der Waals surface area contributed by atoms with Crippen molar-refractivity contribution in [2.24, 2.45) is 0 Å². The second kappa shape index (κ2) is 6.19. The van der Waals surface area contributed by atoms with Crippen molar-refractivity contribution < 1.29 is 0 Å². The Kier molecular flexibility index (Phi) is 4.59. The average molecular weight is 247 g/mol. The van der Waals surface area contributed by atoms with Crippen LogP contribution in [-0.2, 0) is 0 Å². The minimum atomic E-state index is 0.572. The Morgan fingerprint density at radius 2 is 2.28 bits per heavy atom. The van der Waals surface area contributed by atoms with E-state index in [2.05, 4.69) is 47.8 Å². The molecule has 100 valence electrons. The number of likely N-dealkylation sites (tertiary alicyclic amines) is 1. The van der Waals surface area contributed by atoms with Gasteiger partial charge in [0.15, 0.2) is 0 Å². The number of rotatable bonds is 5. The van der Waals surface area contributed by atoms with Gasteiger partial charge >= 0.3 is 0 Å². The fourth-order valence-electron chi connectivity index (χ4n) is 2.87. The van der Waals surface area contributed by atoms with Gasteiger partial charge in [0.2, 0.25) is 0 Å². The molecule has 0 radical (unpaired) electrons. The van der Waals surface area contributed by atoms with Gasteiger partial charge in [0.05, 0.1) is 0 Å². The fraction of sp³-hybridized carbons (Fsp3) is 0.667. The van der Waals surface area contributed by atoms with Gasteiger partial charge in [-0.15, -0.1) is 0 Å². The Bertz CT molecular complexity index is 378. The van der Waals surface area contributed by atoms with Crippen molar-refractivity contribution in [2.75, 3.05) is 31.6 Å². The standard InChI is InChI=1S/C15H25N3/c1-4-11-18-12-7-9-14(18)13-8-6-10-16-15(13)17(3)5-2/h6,8,10,14H,4-5,7,9,11-12H2,1-3H3/t14-/m0/s1. The van der Waals surface area contributed by atoms with Crippen molar-refractivity contribution in [3.8, 4) is 0 Å². The molecule has 3 heteroatoms. The van der Waals surface area contributed by atoms with Crippen LogP contribution in [0, 0.1) is 0 Å². The molecule has 0 saturated carbocycles. The smallest absolute Gasteiger partial charge is 0.133 e. The quantitative estimate of drug-likeness (QED) is 0.797. The van der Waals surface area contributed by atoms with E-state index >= 15 is 0 Å². The van der Waals surface area contributed by atoms with E-state index in [1.807, 2.05) is 6.20 Å². The van der Waals surface area contributed by atoms with Gasteiger partial charge in [-0.3, -0.25) is 4.90 Å². The van der Waals surface area contributed by atoms with Crippen molar-refractivity contribution in [1.29, 1.82) is 0 Å². The zero-order valence-corrected chi connectivity index (χ0v) is 11.9. The molecule has 1 atom stereocenters. The van der Waals surface area contributed by atoms with Crippen LogP contribution in [-0.4, -0.2) is 36.6 Å². The minimum absolute atomic E-state index is 0.572. The predicted molar refractivity (Wildman–Crippen MR) is 77.0 cm³/mol. The Balaban J connectivity index is 2.26. The highest BCUT2D eigenvalue weighted by Gasteiger charge is 2.27. The van der Waals surface area contributed by atoms with E-state index in [9.17, 15) is 0 Å². The molecular formula is C15H25N3. The summed E-state index contributed by atoms with van der Waals surface area (Å²) in [4.78, 5) is 9.45. The molecule has 1 fully saturated rings. The first-order valence-electron chi connectivity index (χ1n) is 7.18. The van der Waals surface area contributed by atoms with Gasteiger partial charge in [-0.1, -0.05) is 13.0 Å². The minimum Gasteiger partial charge on any atom is -0.360 e. The molecule has 0 unspecified atom stereocenters. The van der Waals surface area contributed by atoms with Crippen LogP contribution in [0.1, 0.15) is 44.7 Å². The molecule has 1 aliphatic rings. The molecule has 1 aromatic heterocycles. The van der Waals surface area contributed by atoms with E-state index < -0.39 is 0 Å². The summed E-state index contributed by atoms with van der Waals surface area (Å²) >= 11 is 0. The number of hydrogen-bond donors (Lipinski definition) is 0.